The lowest BCUT2D eigenvalue weighted by molar-refractivity contribution is -0.156. The van der Waals surface area contributed by atoms with Crippen molar-refractivity contribution in [1.82, 2.24) is 0 Å². The number of hydrogen-bond acceptors (Lipinski definition) is 7. The molecule has 2 aromatic rings. The van der Waals surface area contributed by atoms with Crippen LogP contribution < -0.4 is 0 Å². The summed E-state index contributed by atoms with van der Waals surface area (Å²) in [5.41, 5.74) is -0.932. The molecule has 0 atom stereocenters. The number of carbonyl (C=O) groups is 5. The number of carboxylic acids is 1. The summed E-state index contributed by atoms with van der Waals surface area (Å²) >= 11 is 0. The zero-order valence-corrected chi connectivity index (χ0v) is 15.1. The molecule has 144 valence electrons. The Balaban J connectivity index is 1.75. The van der Waals surface area contributed by atoms with E-state index >= 15 is 0 Å². The molecule has 1 aromatic heterocycles. The van der Waals surface area contributed by atoms with Gasteiger partial charge in [-0.05, 0) is 19.9 Å². The predicted octanol–water partition coefficient (Wildman–Crippen LogP) is 2.28. The summed E-state index contributed by atoms with van der Waals surface area (Å²) in [6.45, 7) is 2.34. The van der Waals surface area contributed by atoms with E-state index in [-0.39, 0.29) is 28.2 Å². The van der Waals surface area contributed by atoms with Gasteiger partial charge in [-0.15, -0.1) is 0 Å². The van der Waals surface area contributed by atoms with Crippen LogP contribution in [0.4, 0.5) is 0 Å². The van der Waals surface area contributed by atoms with Crippen LogP contribution in [0.2, 0.25) is 0 Å². The zero-order chi connectivity index (χ0) is 20.6. The standard InChI is InChI=1S/C20H16O8/c1-20(2,19(25)26)9-27-15(22)8-13(21)14-7-12-16(23)10-5-3-4-6-11(10)17(24)18(12)28-14/h3-7H,8-9H2,1-2H3,(H,25,26). The normalized spacial score (nSPS) is 12.9. The number of carboxylic acid groups (broad SMARTS) is 1. The number of rotatable bonds is 6. The van der Waals surface area contributed by atoms with Crippen LogP contribution in [-0.4, -0.2) is 41.0 Å². The molecule has 8 heteroatoms. The Morgan fingerprint density at radius 3 is 2.25 bits per heavy atom. The topological polar surface area (TPSA) is 128 Å². The first kappa shape index (κ1) is 19.2. The van der Waals surface area contributed by atoms with Crippen LogP contribution in [0.25, 0.3) is 0 Å². The fraction of sp³-hybridized carbons (Fsp3) is 0.250. The van der Waals surface area contributed by atoms with Crippen molar-refractivity contribution in [3.05, 3.63) is 58.5 Å². The molecule has 1 aliphatic carbocycles. The maximum Gasteiger partial charge on any atom is 0.313 e. The smallest absolute Gasteiger partial charge is 0.313 e. The largest absolute Gasteiger partial charge is 0.481 e. The van der Waals surface area contributed by atoms with Gasteiger partial charge in [-0.1, -0.05) is 24.3 Å². The molecule has 1 N–H and O–H groups in total. The average Bonchev–Trinajstić information content (AvgIpc) is 3.10. The molecular formula is C20H16O8. The second-order valence-electron chi connectivity index (χ2n) is 7.01. The third-order valence-corrected chi connectivity index (χ3v) is 4.35. The lowest BCUT2D eigenvalue weighted by Crippen LogP contribution is -2.30. The van der Waals surface area contributed by atoms with Gasteiger partial charge in [-0.2, -0.15) is 0 Å². The van der Waals surface area contributed by atoms with Gasteiger partial charge in [0.25, 0.3) is 0 Å². The quantitative estimate of drug-likeness (QED) is 0.389. The van der Waals surface area contributed by atoms with Crippen LogP contribution in [0.1, 0.15) is 62.9 Å². The molecule has 0 saturated heterocycles. The Morgan fingerprint density at radius 2 is 1.64 bits per heavy atom. The number of Topliss-reactive ketones (excluding diaryl/α,β-unsaturated/α-hetero) is 1. The zero-order valence-electron chi connectivity index (χ0n) is 15.1. The minimum Gasteiger partial charge on any atom is -0.481 e. The molecule has 8 nitrogen and oxygen atoms in total. The molecule has 0 radical (unpaired) electrons. The third kappa shape index (κ3) is 3.36. The van der Waals surface area contributed by atoms with E-state index in [1.54, 1.807) is 12.1 Å². The van der Waals surface area contributed by atoms with Crippen molar-refractivity contribution in [3.63, 3.8) is 0 Å². The Morgan fingerprint density at radius 1 is 1.04 bits per heavy atom. The average molecular weight is 384 g/mol. The highest BCUT2D eigenvalue weighted by Crippen LogP contribution is 2.30. The molecule has 0 aliphatic heterocycles. The van der Waals surface area contributed by atoms with Crippen LogP contribution in [0.15, 0.2) is 34.7 Å². The lowest BCUT2D eigenvalue weighted by Gasteiger charge is -2.18. The van der Waals surface area contributed by atoms with Crippen molar-refractivity contribution < 1.29 is 38.2 Å². The number of esters is 1. The highest BCUT2D eigenvalue weighted by atomic mass is 16.5. The Kier molecular flexibility index (Phi) is 4.72. The SMILES string of the molecule is CC(C)(COC(=O)CC(=O)c1cc2c(o1)C(=O)c1ccccc1C2=O)C(=O)O. The number of furan rings is 1. The summed E-state index contributed by atoms with van der Waals surface area (Å²) in [4.78, 5) is 60.1. The first-order chi connectivity index (χ1) is 13.1. The summed E-state index contributed by atoms with van der Waals surface area (Å²) < 4.78 is 10.1. The molecule has 1 aliphatic rings. The minimum atomic E-state index is -1.30. The van der Waals surface area contributed by atoms with E-state index in [1.165, 1.54) is 26.0 Å². The number of fused-ring (bicyclic) bond motifs is 2. The van der Waals surface area contributed by atoms with Gasteiger partial charge >= 0.3 is 11.9 Å². The number of ketones is 3. The molecular weight excluding hydrogens is 368 g/mol. The fourth-order valence-electron chi connectivity index (χ4n) is 2.60. The molecule has 0 amide bonds. The summed E-state index contributed by atoms with van der Waals surface area (Å²) in [5.74, 6) is -4.39. The van der Waals surface area contributed by atoms with Gasteiger partial charge in [-0.25, -0.2) is 0 Å². The predicted molar refractivity (Wildman–Crippen MR) is 93.3 cm³/mol. The Bertz CT molecular complexity index is 972. The summed E-state index contributed by atoms with van der Waals surface area (Å²) in [6.07, 6.45) is -0.711. The van der Waals surface area contributed by atoms with Gasteiger partial charge in [0.15, 0.2) is 17.3 Å². The Labute approximate surface area is 159 Å². The molecule has 0 unspecified atom stereocenters. The van der Waals surface area contributed by atoms with E-state index in [2.05, 4.69) is 0 Å². The maximum atomic E-state index is 12.5. The van der Waals surface area contributed by atoms with Crippen LogP contribution in [-0.2, 0) is 14.3 Å². The van der Waals surface area contributed by atoms with Crippen LogP contribution in [0.5, 0.6) is 0 Å². The number of benzene rings is 1. The number of aliphatic carboxylic acids is 1. The van der Waals surface area contributed by atoms with Crippen molar-refractivity contribution in [2.75, 3.05) is 6.61 Å². The fourth-order valence-corrected chi connectivity index (χ4v) is 2.60. The number of hydrogen-bond donors (Lipinski definition) is 1. The van der Waals surface area contributed by atoms with E-state index < -0.39 is 47.7 Å². The van der Waals surface area contributed by atoms with E-state index in [1.807, 2.05) is 0 Å². The molecule has 0 saturated carbocycles. The van der Waals surface area contributed by atoms with Crippen molar-refractivity contribution >= 4 is 29.3 Å². The van der Waals surface area contributed by atoms with E-state index in [0.717, 1.165) is 6.07 Å². The third-order valence-electron chi connectivity index (χ3n) is 4.35. The number of ether oxygens (including phenoxy) is 1. The first-order valence-electron chi connectivity index (χ1n) is 8.36. The molecule has 1 heterocycles. The van der Waals surface area contributed by atoms with E-state index in [9.17, 15) is 24.0 Å². The van der Waals surface area contributed by atoms with Gasteiger partial charge in [0, 0.05) is 11.1 Å². The molecule has 0 bridgehead atoms. The van der Waals surface area contributed by atoms with Gasteiger partial charge in [0.1, 0.15) is 13.0 Å². The number of carbonyl (C=O) groups excluding carboxylic acids is 4. The molecule has 3 rings (SSSR count). The summed E-state index contributed by atoms with van der Waals surface area (Å²) in [5, 5.41) is 8.99. The summed E-state index contributed by atoms with van der Waals surface area (Å²) in [7, 11) is 0. The molecule has 0 spiro atoms. The second kappa shape index (κ2) is 6.88. The van der Waals surface area contributed by atoms with Gasteiger partial charge in [0.05, 0.1) is 11.0 Å². The van der Waals surface area contributed by atoms with E-state index in [0.29, 0.717) is 0 Å². The lowest BCUT2D eigenvalue weighted by atomic mass is 9.88. The highest BCUT2D eigenvalue weighted by molar-refractivity contribution is 6.28. The van der Waals surface area contributed by atoms with E-state index in [4.69, 9.17) is 14.3 Å². The molecule has 0 fully saturated rings. The van der Waals surface area contributed by atoms with Crippen molar-refractivity contribution in [3.8, 4) is 0 Å². The van der Waals surface area contributed by atoms with Crippen molar-refractivity contribution in [1.29, 1.82) is 0 Å². The van der Waals surface area contributed by atoms with Crippen molar-refractivity contribution in [2.45, 2.75) is 20.3 Å². The molecule has 1 aromatic carbocycles. The summed E-state index contributed by atoms with van der Waals surface area (Å²) in [6, 6.07) is 7.37. The highest BCUT2D eigenvalue weighted by Gasteiger charge is 2.35. The monoisotopic (exact) mass is 384 g/mol. The van der Waals surface area contributed by atoms with Gasteiger partial charge in [-0.3, -0.25) is 24.0 Å². The molecule has 28 heavy (non-hydrogen) atoms. The van der Waals surface area contributed by atoms with Crippen LogP contribution in [0, 0.1) is 5.41 Å². The maximum absolute atomic E-state index is 12.5. The first-order valence-corrected chi connectivity index (χ1v) is 8.36. The van der Waals surface area contributed by atoms with Gasteiger partial charge < -0.3 is 14.3 Å². The van der Waals surface area contributed by atoms with Gasteiger partial charge in [0.2, 0.25) is 11.6 Å². The Hall–Kier alpha value is -3.55. The van der Waals surface area contributed by atoms with Crippen LogP contribution in [0.3, 0.4) is 0 Å². The second-order valence-corrected chi connectivity index (χ2v) is 7.01. The minimum absolute atomic E-state index is 0.0348. The van der Waals surface area contributed by atoms with Crippen molar-refractivity contribution in [2.24, 2.45) is 5.41 Å². The van der Waals surface area contributed by atoms with Crippen LogP contribution >= 0.6 is 0 Å².